The third kappa shape index (κ3) is 4.31. The molecule has 0 aliphatic rings. The molecule has 1 unspecified atom stereocenters. The van der Waals surface area contributed by atoms with Gasteiger partial charge in [-0.15, -0.1) is 6.58 Å². The summed E-state index contributed by atoms with van der Waals surface area (Å²) < 4.78 is 0. The Hall–Kier alpha value is -0.600. The highest BCUT2D eigenvalue weighted by Gasteiger charge is 2.08. The van der Waals surface area contributed by atoms with E-state index in [-0.39, 0.29) is 0 Å². The molecule has 0 aliphatic heterocycles. The number of aliphatic hydroxyl groups is 1. The van der Waals surface area contributed by atoms with E-state index in [1.165, 1.54) is 0 Å². The topological polar surface area (TPSA) is 23.5 Å². The Balaban J connectivity index is 3.83. The molecule has 0 bridgehead atoms. The third-order valence-electron chi connectivity index (χ3n) is 1.75. The number of hydrogen-bond donors (Lipinski definition) is 1. The fraction of sp³-hybridized carbons (Fsp3) is 0.600. The largest absolute Gasteiger partial charge is 0.375 e. The predicted molar refractivity (Wildman–Crippen MR) is 52.9 cm³/mol. The van der Waals surface area contributed by atoms with Crippen LogP contribution in [-0.4, -0.2) is 29.3 Å². The molecule has 2 nitrogen and oxygen atoms in total. The molecule has 0 aromatic heterocycles. The average Bonchev–Trinajstić information content (AvgIpc) is 2.11. The Labute approximate surface area is 75.2 Å². The molecule has 1 atom stereocenters. The summed E-state index contributed by atoms with van der Waals surface area (Å²) in [7, 11) is 0. The Kier molecular flexibility index (Phi) is 6.72. The van der Waals surface area contributed by atoms with Gasteiger partial charge in [0.25, 0.3) is 0 Å². The molecule has 0 fully saturated rings. The molecule has 0 heterocycles. The van der Waals surface area contributed by atoms with E-state index in [0.717, 1.165) is 19.4 Å². The van der Waals surface area contributed by atoms with Gasteiger partial charge in [-0.25, -0.2) is 0 Å². The van der Waals surface area contributed by atoms with Gasteiger partial charge in [0, 0.05) is 13.1 Å². The Morgan fingerprint density at radius 2 is 2.17 bits per heavy atom. The van der Waals surface area contributed by atoms with Gasteiger partial charge in [-0.3, -0.25) is 4.90 Å². The summed E-state index contributed by atoms with van der Waals surface area (Å²) in [6.45, 7) is 10.9. The Morgan fingerprint density at radius 1 is 1.50 bits per heavy atom. The normalized spacial score (nSPS) is 12.9. The molecular formula is C10H19NO. The van der Waals surface area contributed by atoms with E-state index in [1.807, 2.05) is 4.90 Å². The van der Waals surface area contributed by atoms with Crippen molar-refractivity contribution < 1.29 is 5.11 Å². The molecule has 0 saturated heterocycles. The number of nitrogens with zero attached hydrogens (tertiary/aromatic N) is 1. The van der Waals surface area contributed by atoms with Gasteiger partial charge in [-0.2, -0.15) is 0 Å². The highest BCUT2D eigenvalue weighted by molar-refractivity contribution is 4.83. The van der Waals surface area contributed by atoms with Crippen LogP contribution in [0.2, 0.25) is 0 Å². The SMILES string of the molecule is C=CCN(CCCC)C(O)C=C. The van der Waals surface area contributed by atoms with Crippen molar-refractivity contribution in [3.63, 3.8) is 0 Å². The Bertz CT molecular complexity index is 134. The zero-order chi connectivity index (χ0) is 9.40. The minimum absolute atomic E-state index is 0.533. The predicted octanol–water partition coefficient (Wildman–Crippen LogP) is 1.78. The maximum atomic E-state index is 9.44. The van der Waals surface area contributed by atoms with Crippen LogP contribution in [0.1, 0.15) is 19.8 Å². The molecule has 0 rings (SSSR count). The van der Waals surface area contributed by atoms with Crippen LogP contribution < -0.4 is 0 Å². The number of hydrogen-bond acceptors (Lipinski definition) is 2. The summed E-state index contributed by atoms with van der Waals surface area (Å²) in [5.74, 6) is 0. The quantitative estimate of drug-likeness (QED) is 0.464. The van der Waals surface area contributed by atoms with Crippen molar-refractivity contribution in [2.75, 3.05) is 13.1 Å². The summed E-state index contributed by atoms with van der Waals surface area (Å²) in [6, 6.07) is 0. The van der Waals surface area contributed by atoms with Gasteiger partial charge in [0.2, 0.25) is 0 Å². The standard InChI is InChI=1S/C10H19NO/c1-4-7-9-11(8-5-2)10(12)6-3/h5-6,10,12H,2-4,7-9H2,1H3. The van der Waals surface area contributed by atoms with Crippen molar-refractivity contribution in [1.82, 2.24) is 4.90 Å². The zero-order valence-electron chi connectivity index (χ0n) is 7.87. The highest BCUT2D eigenvalue weighted by Crippen LogP contribution is 2.00. The van der Waals surface area contributed by atoms with Crippen molar-refractivity contribution in [2.24, 2.45) is 0 Å². The minimum Gasteiger partial charge on any atom is -0.375 e. The first kappa shape index (κ1) is 11.4. The van der Waals surface area contributed by atoms with Crippen LogP contribution in [0.4, 0.5) is 0 Å². The van der Waals surface area contributed by atoms with Crippen LogP contribution in [-0.2, 0) is 0 Å². The van der Waals surface area contributed by atoms with E-state index < -0.39 is 6.23 Å². The fourth-order valence-corrected chi connectivity index (χ4v) is 1.01. The van der Waals surface area contributed by atoms with Crippen molar-refractivity contribution in [3.05, 3.63) is 25.3 Å². The molecule has 0 saturated carbocycles. The summed E-state index contributed by atoms with van der Waals surface area (Å²) in [5, 5.41) is 9.44. The lowest BCUT2D eigenvalue weighted by molar-refractivity contribution is 0.0502. The lowest BCUT2D eigenvalue weighted by Crippen LogP contribution is -2.34. The first-order valence-corrected chi connectivity index (χ1v) is 4.41. The molecule has 0 spiro atoms. The maximum Gasteiger partial charge on any atom is 0.126 e. The first-order valence-electron chi connectivity index (χ1n) is 4.41. The van der Waals surface area contributed by atoms with Gasteiger partial charge in [0.05, 0.1) is 0 Å². The summed E-state index contributed by atoms with van der Waals surface area (Å²) in [6.07, 6.45) is 5.03. The molecule has 0 aliphatic carbocycles. The van der Waals surface area contributed by atoms with Crippen LogP contribution in [0.5, 0.6) is 0 Å². The van der Waals surface area contributed by atoms with Gasteiger partial charge >= 0.3 is 0 Å². The molecule has 0 amide bonds. The second kappa shape index (κ2) is 7.07. The number of aliphatic hydroxyl groups excluding tert-OH is 1. The smallest absolute Gasteiger partial charge is 0.126 e. The van der Waals surface area contributed by atoms with E-state index in [0.29, 0.717) is 6.54 Å². The van der Waals surface area contributed by atoms with Crippen LogP contribution in [0, 0.1) is 0 Å². The van der Waals surface area contributed by atoms with E-state index in [4.69, 9.17) is 0 Å². The molecule has 12 heavy (non-hydrogen) atoms. The molecule has 0 aromatic rings. The van der Waals surface area contributed by atoms with E-state index in [9.17, 15) is 5.11 Å². The van der Waals surface area contributed by atoms with Crippen LogP contribution in [0.3, 0.4) is 0 Å². The van der Waals surface area contributed by atoms with Crippen LogP contribution in [0.15, 0.2) is 25.3 Å². The van der Waals surface area contributed by atoms with Gasteiger partial charge in [-0.05, 0) is 12.5 Å². The van der Waals surface area contributed by atoms with Crippen molar-refractivity contribution in [1.29, 1.82) is 0 Å². The summed E-state index contributed by atoms with van der Waals surface area (Å²) >= 11 is 0. The van der Waals surface area contributed by atoms with Gasteiger partial charge in [0.1, 0.15) is 6.23 Å². The molecule has 0 aromatic carbocycles. The van der Waals surface area contributed by atoms with Crippen molar-refractivity contribution >= 4 is 0 Å². The third-order valence-corrected chi connectivity index (χ3v) is 1.75. The van der Waals surface area contributed by atoms with Gasteiger partial charge < -0.3 is 5.11 Å². The fourth-order valence-electron chi connectivity index (χ4n) is 1.01. The van der Waals surface area contributed by atoms with Gasteiger partial charge in [0.15, 0.2) is 0 Å². The molecule has 0 radical (unpaired) electrons. The van der Waals surface area contributed by atoms with Crippen molar-refractivity contribution in [2.45, 2.75) is 26.0 Å². The molecule has 1 N–H and O–H groups in total. The highest BCUT2D eigenvalue weighted by atomic mass is 16.3. The first-order chi connectivity index (χ1) is 5.76. The van der Waals surface area contributed by atoms with Gasteiger partial charge in [-0.1, -0.05) is 26.0 Å². The number of rotatable bonds is 7. The molecular weight excluding hydrogens is 150 g/mol. The maximum absolute atomic E-state index is 9.44. The van der Waals surface area contributed by atoms with E-state index >= 15 is 0 Å². The van der Waals surface area contributed by atoms with Crippen LogP contribution >= 0.6 is 0 Å². The van der Waals surface area contributed by atoms with Crippen LogP contribution in [0.25, 0.3) is 0 Å². The Morgan fingerprint density at radius 3 is 2.58 bits per heavy atom. The zero-order valence-corrected chi connectivity index (χ0v) is 7.87. The monoisotopic (exact) mass is 169 g/mol. The van der Waals surface area contributed by atoms with Crippen molar-refractivity contribution in [3.8, 4) is 0 Å². The molecule has 70 valence electrons. The second-order valence-corrected chi connectivity index (χ2v) is 2.79. The minimum atomic E-state index is -0.533. The summed E-state index contributed by atoms with van der Waals surface area (Å²) in [5.41, 5.74) is 0. The lowest BCUT2D eigenvalue weighted by atomic mass is 10.3. The summed E-state index contributed by atoms with van der Waals surface area (Å²) in [4.78, 5) is 1.93. The van der Waals surface area contributed by atoms with E-state index in [1.54, 1.807) is 12.2 Å². The lowest BCUT2D eigenvalue weighted by Gasteiger charge is -2.23. The average molecular weight is 169 g/mol. The second-order valence-electron chi connectivity index (χ2n) is 2.79. The van der Waals surface area contributed by atoms with E-state index in [2.05, 4.69) is 20.1 Å². The number of unbranched alkanes of at least 4 members (excludes halogenated alkanes) is 1. The molecule has 2 heteroatoms.